The Morgan fingerprint density at radius 1 is 1.02 bits per heavy atom. The fraction of sp³-hybridized carbons (Fsp3) is 0.235. The number of azide groups is 1. The van der Waals surface area contributed by atoms with E-state index in [0.717, 1.165) is 17.7 Å². The summed E-state index contributed by atoms with van der Waals surface area (Å²) in [4.78, 5) is 22.2. The second-order valence-corrected chi connectivity index (χ2v) is 10.6. The molecule has 0 fully saturated rings. The van der Waals surface area contributed by atoms with Crippen molar-refractivity contribution in [1.82, 2.24) is 10.9 Å². The Hall–Kier alpha value is -5.29. The molecule has 4 aromatic rings. The number of hydrogen-bond acceptors (Lipinski definition) is 7. The molecule has 10 nitrogen and oxygen atoms in total. The molecule has 1 heterocycles. The first-order chi connectivity index (χ1) is 22.4. The first-order valence-corrected chi connectivity index (χ1v) is 14.6. The topological polar surface area (TPSA) is 141 Å². The van der Waals surface area contributed by atoms with E-state index in [4.69, 9.17) is 25.1 Å². The van der Waals surface area contributed by atoms with Crippen LogP contribution in [-0.4, -0.2) is 35.7 Å². The average Bonchev–Trinajstić information content (AvgIpc) is 3.46. The molecule has 12 heteroatoms. The number of hydrogen-bond donors (Lipinski definition) is 3. The zero-order valence-corrected chi connectivity index (χ0v) is 24.8. The molecular weight excluding hydrogens is 594 g/mol. The lowest BCUT2D eigenvalue weighted by Gasteiger charge is -2.31. The second kappa shape index (κ2) is 15.1. The standard InChI is InChI=1S/C34H32F2N6O4/c35-27-14-11-26(30(36)19-27)22-38-41-33(44)34(20-23-7-2-1-3-8-23)31(29-10-5-4-9-25(29)21-39-42-37)46-32(40-34)24-12-15-28(16-13-24)45-18-6-17-43/h1-5,7-16,19,31,38,43H,6,17-18,20-22H2,(H,41,44)/t31-,34-/m0/s1. The molecule has 0 saturated heterocycles. The third kappa shape index (κ3) is 7.49. The number of amides is 1. The number of carbonyl (C=O) groups is 1. The predicted molar refractivity (Wildman–Crippen MR) is 168 cm³/mol. The first kappa shape index (κ1) is 32.1. The number of benzene rings is 4. The van der Waals surface area contributed by atoms with Crippen LogP contribution in [0.25, 0.3) is 10.4 Å². The SMILES string of the molecule is [N-]=[N+]=NCc1ccccc1[C@@H]1OC(c2ccc(OCCCO)cc2)=N[C@]1(Cc1ccccc1)C(=O)NNCc1ccc(F)cc1F. The van der Waals surface area contributed by atoms with Gasteiger partial charge < -0.3 is 14.6 Å². The number of nitrogens with one attached hydrogen (secondary N) is 2. The molecule has 0 aliphatic carbocycles. The largest absolute Gasteiger partial charge is 0.494 e. The summed E-state index contributed by atoms with van der Waals surface area (Å²) >= 11 is 0. The fourth-order valence-electron chi connectivity index (χ4n) is 5.20. The molecule has 1 amide bonds. The minimum atomic E-state index is -1.58. The lowest BCUT2D eigenvalue weighted by atomic mass is 9.81. The first-order valence-electron chi connectivity index (χ1n) is 14.6. The van der Waals surface area contributed by atoms with Gasteiger partial charge in [0.25, 0.3) is 5.91 Å². The van der Waals surface area contributed by atoms with Gasteiger partial charge in [-0.1, -0.05) is 65.8 Å². The molecule has 0 aromatic heterocycles. The van der Waals surface area contributed by atoms with E-state index in [1.165, 1.54) is 6.07 Å². The lowest BCUT2D eigenvalue weighted by molar-refractivity contribution is -0.130. The Labute approximate surface area is 264 Å². The van der Waals surface area contributed by atoms with Crippen molar-refractivity contribution in [2.24, 2.45) is 10.1 Å². The molecule has 0 radical (unpaired) electrons. The van der Waals surface area contributed by atoms with Crippen LogP contribution in [0.5, 0.6) is 5.75 Å². The summed E-state index contributed by atoms with van der Waals surface area (Å²) in [7, 11) is 0. The maximum atomic E-state index is 14.4. The van der Waals surface area contributed by atoms with Gasteiger partial charge in [-0.3, -0.25) is 10.2 Å². The Bertz CT molecular complexity index is 1730. The van der Waals surface area contributed by atoms with Gasteiger partial charge in [-0.05, 0) is 52.6 Å². The summed E-state index contributed by atoms with van der Waals surface area (Å²) in [6.45, 7) is 0.274. The van der Waals surface area contributed by atoms with Crippen LogP contribution in [-0.2, 0) is 29.0 Å². The van der Waals surface area contributed by atoms with Crippen molar-refractivity contribution in [3.8, 4) is 5.75 Å². The molecule has 1 aliphatic heterocycles. The fourth-order valence-corrected chi connectivity index (χ4v) is 5.20. The number of nitrogens with zero attached hydrogens (tertiary/aromatic N) is 4. The number of halogens is 2. The van der Waals surface area contributed by atoms with Crippen molar-refractivity contribution in [3.63, 3.8) is 0 Å². The van der Waals surface area contributed by atoms with Gasteiger partial charge in [-0.15, -0.1) is 0 Å². The smallest absolute Gasteiger partial charge is 0.266 e. The molecule has 46 heavy (non-hydrogen) atoms. The number of carbonyl (C=O) groups excluding carboxylic acids is 1. The summed E-state index contributed by atoms with van der Waals surface area (Å²) in [5.41, 5.74) is 15.7. The molecule has 236 valence electrons. The van der Waals surface area contributed by atoms with Crippen molar-refractivity contribution < 1.29 is 28.2 Å². The van der Waals surface area contributed by atoms with E-state index in [-0.39, 0.29) is 37.6 Å². The van der Waals surface area contributed by atoms with Crippen molar-refractivity contribution in [1.29, 1.82) is 0 Å². The van der Waals surface area contributed by atoms with Gasteiger partial charge in [-0.2, -0.15) is 0 Å². The highest BCUT2D eigenvalue weighted by atomic mass is 19.1. The number of aliphatic imine (C=N–C) groups is 1. The molecule has 0 saturated carbocycles. The van der Waals surface area contributed by atoms with Crippen LogP contribution in [0.15, 0.2) is 107 Å². The van der Waals surface area contributed by atoms with Gasteiger partial charge in [0.05, 0.1) is 13.2 Å². The number of aliphatic hydroxyl groups is 1. The maximum Gasteiger partial charge on any atom is 0.266 e. The normalized spacial score (nSPS) is 17.0. The van der Waals surface area contributed by atoms with Crippen LogP contribution in [0, 0.1) is 11.6 Å². The zero-order valence-electron chi connectivity index (χ0n) is 24.8. The Morgan fingerprint density at radius 2 is 1.78 bits per heavy atom. The van der Waals surface area contributed by atoms with Crippen LogP contribution in [0.2, 0.25) is 0 Å². The quantitative estimate of drug-likeness (QED) is 0.0529. The van der Waals surface area contributed by atoms with Crippen molar-refractivity contribution in [2.75, 3.05) is 13.2 Å². The number of ether oxygens (including phenoxy) is 2. The third-order valence-corrected chi connectivity index (χ3v) is 7.48. The monoisotopic (exact) mass is 626 g/mol. The summed E-state index contributed by atoms with van der Waals surface area (Å²) < 4.78 is 40.0. The highest BCUT2D eigenvalue weighted by molar-refractivity contribution is 6.01. The molecule has 5 rings (SSSR count). The van der Waals surface area contributed by atoms with Crippen molar-refractivity contribution in [3.05, 3.63) is 147 Å². The van der Waals surface area contributed by atoms with E-state index >= 15 is 0 Å². The zero-order chi connectivity index (χ0) is 32.4. The summed E-state index contributed by atoms with van der Waals surface area (Å²) in [5, 5.41) is 12.8. The third-order valence-electron chi connectivity index (χ3n) is 7.48. The van der Waals surface area contributed by atoms with E-state index in [2.05, 4.69) is 20.9 Å². The molecule has 0 spiro atoms. The predicted octanol–water partition coefficient (Wildman–Crippen LogP) is 5.86. The van der Waals surface area contributed by atoms with Crippen LogP contribution in [0.1, 0.15) is 40.3 Å². The van der Waals surface area contributed by atoms with E-state index in [1.807, 2.05) is 30.3 Å². The lowest BCUT2D eigenvalue weighted by Crippen LogP contribution is -2.53. The van der Waals surface area contributed by atoms with Gasteiger partial charge in [0, 0.05) is 48.1 Å². The van der Waals surface area contributed by atoms with Gasteiger partial charge in [0.15, 0.2) is 11.6 Å². The van der Waals surface area contributed by atoms with Crippen LogP contribution in [0.3, 0.4) is 0 Å². The minimum absolute atomic E-state index is 0.0184. The van der Waals surface area contributed by atoms with Gasteiger partial charge >= 0.3 is 0 Å². The van der Waals surface area contributed by atoms with E-state index in [1.54, 1.807) is 48.5 Å². The highest BCUT2D eigenvalue weighted by Gasteiger charge is 2.53. The van der Waals surface area contributed by atoms with E-state index in [0.29, 0.717) is 35.5 Å². The average molecular weight is 627 g/mol. The molecule has 2 atom stereocenters. The Kier molecular flexibility index (Phi) is 10.6. The second-order valence-electron chi connectivity index (χ2n) is 10.6. The van der Waals surface area contributed by atoms with Gasteiger partial charge in [0.1, 0.15) is 17.4 Å². The Balaban J connectivity index is 1.55. The van der Waals surface area contributed by atoms with Crippen molar-refractivity contribution >= 4 is 11.8 Å². The molecular formula is C34H32F2N6O4. The number of aliphatic hydroxyl groups excluding tert-OH is 1. The van der Waals surface area contributed by atoms with Crippen molar-refractivity contribution in [2.45, 2.75) is 37.6 Å². The highest BCUT2D eigenvalue weighted by Crippen LogP contribution is 2.43. The molecule has 3 N–H and O–H groups in total. The molecule has 4 aromatic carbocycles. The van der Waals surface area contributed by atoms with Crippen LogP contribution >= 0.6 is 0 Å². The Morgan fingerprint density at radius 3 is 2.52 bits per heavy atom. The van der Waals surface area contributed by atoms with Crippen LogP contribution in [0.4, 0.5) is 8.78 Å². The molecule has 1 aliphatic rings. The maximum absolute atomic E-state index is 14.4. The summed E-state index contributed by atoms with van der Waals surface area (Å²) in [6, 6.07) is 26.8. The summed E-state index contributed by atoms with van der Waals surface area (Å²) in [5.74, 6) is -1.21. The van der Waals surface area contributed by atoms with E-state index < -0.39 is 29.2 Å². The van der Waals surface area contributed by atoms with Gasteiger partial charge in [0.2, 0.25) is 5.90 Å². The van der Waals surface area contributed by atoms with Crippen LogP contribution < -0.4 is 15.6 Å². The molecule has 0 unspecified atom stereocenters. The van der Waals surface area contributed by atoms with E-state index in [9.17, 15) is 13.6 Å². The number of rotatable bonds is 14. The minimum Gasteiger partial charge on any atom is -0.494 e. The summed E-state index contributed by atoms with van der Waals surface area (Å²) in [6.07, 6.45) is -0.343. The number of hydrazine groups is 1. The van der Waals surface area contributed by atoms with Gasteiger partial charge in [-0.25, -0.2) is 19.2 Å². The molecule has 0 bridgehead atoms.